The van der Waals surface area contributed by atoms with E-state index in [1.807, 2.05) is 36.4 Å². The molecule has 0 unspecified atom stereocenters. The van der Waals surface area contributed by atoms with Crippen LogP contribution in [0.15, 0.2) is 98.6 Å². The molecule has 3 aromatic carbocycles. The van der Waals surface area contributed by atoms with E-state index in [-0.39, 0.29) is 22.3 Å². The van der Waals surface area contributed by atoms with Crippen LogP contribution in [0.5, 0.6) is 5.75 Å². The van der Waals surface area contributed by atoms with Gasteiger partial charge in [0.1, 0.15) is 17.3 Å². The third-order valence-electron chi connectivity index (χ3n) is 7.63. The Morgan fingerprint density at radius 1 is 1.07 bits per heavy atom. The minimum Gasteiger partial charge on any atom is -0.497 e. The van der Waals surface area contributed by atoms with Crippen molar-refractivity contribution in [2.24, 2.45) is 4.99 Å². The van der Waals surface area contributed by atoms with Crippen LogP contribution in [-0.4, -0.2) is 16.6 Å². The van der Waals surface area contributed by atoms with Crippen LogP contribution in [0.2, 0.25) is 5.02 Å². The lowest BCUT2D eigenvalue weighted by molar-refractivity contribution is -0.384. The van der Waals surface area contributed by atoms with Crippen LogP contribution in [0, 0.1) is 10.1 Å². The number of non-ortho nitro benzene ring substituents is 1. The molecule has 8 nitrogen and oxygen atoms in total. The van der Waals surface area contributed by atoms with Crippen LogP contribution in [-0.2, 0) is 6.42 Å². The molecule has 42 heavy (non-hydrogen) atoms. The summed E-state index contributed by atoms with van der Waals surface area (Å²) in [6.45, 7) is 0. The SMILES string of the molecule is COc1ccc([C@@H]2C3=C(N=c4s/c(=C/c5ccc(-c6ccc([N+](=O)[O-])cc6Cl)o5)c(=O)n42)c2ccccc2CC3)cc1. The summed E-state index contributed by atoms with van der Waals surface area (Å²) in [5, 5.41) is 11.3. The van der Waals surface area contributed by atoms with Gasteiger partial charge in [-0.3, -0.25) is 19.5 Å². The molecule has 0 amide bonds. The second-order valence-electron chi connectivity index (χ2n) is 10.0. The Hall–Kier alpha value is -4.73. The van der Waals surface area contributed by atoms with Gasteiger partial charge in [-0.05, 0) is 59.9 Å². The summed E-state index contributed by atoms with van der Waals surface area (Å²) in [7, 11) is 1.63. The summed E-state index contributed by atoms with van der Waals surface area (Å²) in [5.74, 6) is 1.65. The van der Waals surface area contributed by atoms with Crippen LogP contribution in [0.1, 0.15) is 34.9 Å². The summed E-state index contributed by atoms with van der Waals surface area (Å²) in [6.07, 6.45) is 3.38. The molecule has 5 aromatic rings. The molecule has 0 saturated heterocycles. The zero-order valence-electron chi connectivity index (χ0n) is 22.2. The number of hydrogen-bond donors (Lipinski definition) is 0. The van der Waals surface area contributed by atoms with Gasteiger partial charge in [0, 0.05) is 29.3 Å². The lowest BCUT2D eigenvalue weighted by Gasteiger charge is -2.30. The van der Waals surface area contributed by atoms with Crippen molar-refractivity contribution in [3.63, 3.8) is 0 Å². The van der Waals surface area contributed by atoms with E-state index < -0.39 is 4.92 Å². The maximum absolute atomic E-state index is 14.0. The van der Waals surface area contributed by atoms with E-state index in [9.17, 15) is 14.9 Å². The first-order chi connectivity index (χ1) is 20.4. The molecule has 1 atom stereocenters. The number of furan rings is 1. The van der Waals surface area contributed by atoms with E-state index in [1.54, 1.807) is 36.0 Å². The number of fused-ring (bicyclic) bond motifs is 3. The fraction of sp³-hybridized carbons (Fsp3) is 0.125. The van der Waals surface area contributed by atoms with Crippen LogP contribution in [0.4, 0.5) is 5.69 Å². The van der Waals surface area contributed by atoms with Gasteiger partial charge >= 0.3 is 0 Å². The minimum absolute atomic E-state index is 0.103. The van der Waals surface area contributed by atoms with Crippen molar-refractivity contribution < 1.29 is 14.1 Å². The predicted molar refractivity (Wildman–Crippen MR) is 162 cm³/mol. The molecule has 0 N–H and O–H groups in total. The highest BCUT2D eigenvalue weighted by Gasteiger charge is 2.32. The van der Waals surface area contributed by atoms with Gasteiger partial charge in [-0.15, -0.1) is 0 Å². The first-order valence-electron chi connectivity index (χ1n) is 13.2. The van der Waals surface area contributed by atoms with Crippen LogP contribution in [0.3, 0.4) is 0 Å². The Kier molecular flexibility index (Phi) is 6.41. The fourth-order valence-corrected chi connectivity index (χ4v) is 6.88. The quantitative estimate of drug-likeness (QED) is 0.179. The van der Waals surface area contributed by atoms with Gasteiger partial charge in [-0.2, -0.15) is 0 Å². The average Bonchev–Trinajstić information content (AvgIpc) is 3.60. The van der Waals surface area contributed by atoms with E-state index in [1.165, 1.54) is 29.0 Å². The van der Waals surface area contributed by atoms with E-state index in [4.69, 9.17) is 25.7 Å². The highest BCUT2D eigenvalue weighted by atomic mass is 35.5. The number of halogens is 1. The van der Waals surface area contributed by atoms with Gasteiger partial charge in [0.2, 0.25) is 0 Å². The highest BCUT2D eigenvalue weighted by molar-refractivity contribution is 7.07. The van der Waals surface area contributed by atoms with E-state index in [0.717, 1.165) is 41.0 Å². The van der Waals surface area contributed by atoms with Crippen molar-refractivity contribution >= 4 is 40.4 Å². The molecule has 1 aliphatic heterocycles. The van der Waals surface area contributed by atoms with Crippen LogP contribution >= 0.6 is 22.9 Å². The molecule has 7 rings (SSSR count). The number of rotatable bonds is 5. The number of nitro benzene ring substituents is 1. The monoisotopic (exact) mass is 595 g/mol. The summed E-state index contributed by atoms with van der Waals surface area (Å²) in [4.78, 5) is 30.2. The molecule has 0 bridgehead atoms. The maximum Gasteiger partial charge on any atom is 0.271 e. The molecule has 3 heterocycles. The Balaban J connectivity index is 1.36. The second kappa shape index (κ2) is 10.3. The lowest BCUT2D eigenvalue weighted by Crippen LogP contribution is -2.38. The molecule has 0 radical (unpaired) electrons. The number of ether oxygens (including phenoxy) is 1. The summed E-state index contributed by atoms with van der Waals surface area (Å²) >= 11 is 7.62. The van der Waals surface area contributed by atoms with Crippen molar-refractivity contribution in [1.82, 2.24) is 4.57 Å². The van der Waals surface area contributed by atoms with Crippen molar-refractivity contribution in [2.75, 3.05) is 7.11 Å². The van der Waals surface area contributed by atoms with Gasteiger partial charge in [0.25, 0.3) is 11.2 Å². The van der Waals surface area contributed by atoms with Crippen molar-refractivity contribution in [2.45, 2.75) is 18.9 Å². The molecule has 2 aliphatic rings. The van der Waals surface area contributed by atoms with Crippen molar-refractivity contribution in [3.05, 3.63) is 142 Å². The topological polar surface area (TPSA) is 99.9 Å². The molecule has 1 aliphatic carbocycles. The standard InChI is InChI=1S/C32H22ClN3O5S/c1-40-21-10-6-19(7-11-21)30-25-13-8-18-4-2-3-5-23(18)29(25)34-32-35(30)31(37)28(42-32)17-22-12-15-27(41-22)24-14-9-20(36(38)39)16-26(24)33/h2-7,9-12,14-17,30H,8,13H2,1H3/b28-17+/t30-/m1/s1. The van der Waals surface area contributed by atoms with Gasteiger partial charge in [0.15, 0.2) is 4.80 Å². The maximum atomic E-state index is 14.0. The van der Waals surface area contributed by atoms with Crippen LogP contribution in [0.25, 0.3) is 23.1 Å². The first kappa shape index (κ1) is 26.2. The van der Waals surface area contributed by atoms with Gasteiger partial charge < -0.3 is 9.15 Å². The minimum atomic E-state index is -0.501. The smallest absolute Gasteiger partial charge is 0.271 e. The van der Waals surface area contributed by atoms with E-state index in [2.05, 4.69) is 12.1 Å². The zero-order valence-corrected chi connectivity index (χ0v) is 23.8. The normalized spacial score (nSPS) is 16.0. The summed E-state index contributed by atoms with van der Waals surface area (Å²) < 4.78 is 13.7. The van der Waals surface area contributed by atoms with Gasteiger partial charge in [0.05, 0.1) is 33.3 Å². The average molecular weight is 596 g/mol. The number of allylic oxidation sites excluding steroid dienone is 1. The predicted octanol–water partition coefficient (Wildman–Crippen LogP) is 6.15. The number of thiazole rings is 1. The van der Waals surface area contributed by atoms with E-state index >= 15 is 0 Å². The third kappa shape index (κ3) is 4.38. The molecule has 2 aromatic heterocycles. The largest absolute Gasteiger partial charge is 0.497 e. The first-order valence-corrected chi connectivity index (χ1v) is 14.4. The van der Waals surface area contributed by atoms with Crippen LogP contribution < -0.4 is 19.6 Å². The fourth-order valence-electron chi connectivity index (χ4n) is 5.63. The number of nitro groups is 1. The Morgan fingerprint density at radius 3 is 2.64 bits per heavy atom. The zero-order chi connectivity index (χ0) is 29.0. The number of nitrogens with zero attached hydrogens (tertiary/aromatic N) is 3. The Labute approximate surface area is 248 Å². The molecule has 0 spiro atoms. The van der Waals surface area contributed by atoms with Crippen molar-refractivity contribution in [3.8, 4) is 17.1 Å². The third-order valence-corrected chi connectivity index (χ3v) is 8.93. The lowest BCUT2D eigenvalue weighted by atomic mass is 9.83. The number of methoxy groups -OCH3 is 1. The summed E-state index contributed by atoms with van der Waals surface area (Å²) in [5.41, 5.74) is 5.65. The van der Waals surface area contributed by atoms with Gasteiger partial charge in [-0.1, -0.05) is 59.3 Å². The number of aromatic nitrogens is 1. The number of hydrogen-bond acceptors (Lipinski definition) is 7. The van der Waals surface area contributed by atoms with E-state index in [0.29, 0.717) is 26.4 Å². The Morgan fingerprint density at radius 2 is 1.88 bits per heavy atom. The summed E-state index contributed by atoms with van der Waals surface area (Å²) in [6, 6.07) is 23.5. The second-order valence-corrected chi connectivity index (χ2v) is 11.4. The molecule has 0 fully saturated rings. The molecular formula is C32H22ClN3O5S. The Bertz CT molecular complexity index is 2110. The highest BCUT2D eigenvalue weighted by Crippen LogP contribution is 2.41. The van der Waals surface area contributed by atoms with Crippen molar-refractivity contribution in [1.29, 1.82) is 0 Å². The number of benzene rings is 3. The molecular weight excluding hydrogens is 574 g/mol. The van der Waals surface area contributed by atoms with Gasteiger partial charge in [-0.25, -0.2) is 4.99 Å². The molecule has 0 saturated carbocycles. The molecule has 208 valence electrons. The number of aryl methyl sites for hydroxylation is 1. The molecule has 10 heteroatoms.